The third kappa shape index (κ3) is 4.43. The molecule has 2 aromatic heterocycles. The van der Waals surface area contributed by atoms with E-state index in [9.17, 15) is 9.59 Å². The summed E-state index contributed by atoms with van der Waals surface area (Å²) in [6.07, 6.45) is 4.05. The average Bonchev–Trinajstić information content (AvgIpc) is 3.01. The number of hydrogen-bond acceptors (Lipinski definition) is 6. The fourth-order valence-corrected chi connectivity index (χ4v) is 2.28. The van der Waals surface area contributed by atoms with Crippen molar-refractivity contribution in [1.82, 2.24) is 19.7 Å². The van der Waals surface area contributed by atoms with Gasteiger partial charge < -0.3 is 10.4 Å². The maximum Gasteiger partial charge on any atom is 0.303 e. The summed E-state index contributed by atoms with van der Waals surface area (Å²) in [5.41, 5.74) is 0.785. The number of hydrogen-bond donors (Lipinski definition) is 2. The molecule has 2 rings (SSSR count). The van der Waals surface area contributed by atoms with E-state index < -0.39 is 5.97 Å². The molecule has 2 N–H and O–H groups in total. The number of anilines is 1. The summed E-state index contributed by atoms with van der Waals surface area (Å²) in [5, 5.41) is 17.4. The van der Waals surface area contributed by atoms with Crippen molar-refractivity contribution in [3.63, 3.8) is 0 Å². The van der Waals surface area contributed by atoms with Crippen LogP contribution in [-0.2, 0) is 22.6 Å². The normalized spacial score (nSPS) is 10.4. The van der Waals surface area contributed by atoms with Crippen LogP contribution in [-0.4, -0.2) is 36.7 Å². The minimum Gasteiger partial charge on any atom is -0.481 e. The smallest absolute Gasteiger partial charge is 0.303 e. The fourth-order valence-electron chi connectivity index (χ4n) is 1.52. The maximum atomic E-state index is 11.7. The van der Waals surface area contributed by atoms with E-state index in [0.29, 0.717) is 18.0 Å². The molecule has 0 aliphatic rings. The lowest BCUT2D eigenvalue weighted by molar-refractivity contribution is -0.137. The molecule has 0 aliphatic heterocycles. The van der Waals surface area contributed by atoms with Crippen molar-refractivity contribution in [2.45, 2.75) is 25.8 Å². The number of nitrogens with one attached hydrogen (secondary N) is 1. The summed E-state index contributed by atoms with van der Waals surface area (Å²) in [5.74, 6) is -1.05. The molecule has 1 amide bonds. The van der Waals surface area contributed by atoms with Gasteiger partial charge >= 0.3 is 5.97 Å². The molecule has 0 saturated carbocycles. The molecule has 9 heteroatoms. The molecule has 0 radical (unpaired) electrons. The van der Waals surface area contributed by atoms with Gasteiger partial charge in [-0.3, -0.25) is 9.59 Å². The first-order valence-corrected chi connectivity index (χ1v) is 6.80. The van der Waals surface area contributed by atoms with E-state index in [1.54, 1.807) is 0 Å². The number of aromatic nitrogens is 4. The monoisotopic (exact) mass is 295 g/mol. The highest BCUT2D eigenvalue weighted by Crippen LogP contribution is 2.17. The van der Waals surface area contributed by atoms with Gasteiger partial charge in [-0.15, -0.1) is 11.3 Å². The molecule has 8 nitrogen and oxygen atoms in total. The second-order valence-electron chi connectivity index (χ2n) is 4.03. The Bertz CT molecular complexity index is 581. The quantitative estimate of drug-likeness (QED) is 0.781. The molecular weight excluding hydrogens is 282 g/mol. The zero-order valence-corrected chi connectivity index (χ0v) is 11.3. The number of carbonyl (C=O) groups excluding carboxylic acids is 1. The first kappa shape index (κ1) is 14.1. The molecule has 0 saturated heterocycles. The summed E-state index contributed by atoms with van der Waals surface area (Å²) in [6.45, 7) is 0.0773. The number of amides is 1. The number of carbonyl (C=O) groups is 2. The predicted molar refractivity (Wildman–Crippen MR) is 71.3 cm³/mol. The first-order valence-electron chi connectivity index (χ1n) is 5.92. The zero-order valence-electron chi connectivity index (χ0n) is 10.5. The Kier molecular flexibility index (Phi) is 4.77. The van der Waals surface area contributed by atoms with Gasteiger partial charge in [0.1, 0.15) is 19.2 Å². The Balaban J connectivity index is 1.80. The van der Waals surface area contributed by atoms with E-state index in [1.165, 1.54) is 28.7 Å². The van der Waals surface area contributed by atoms with Gasteiger partial charge in [0.15, 0.2) is 5.13 Å². The average molecular weight is 295 g/mol. The molecular formula is C11H13N5O3S. The molecule has 0 aliphatic carbocycles. The first-order chi connectivity index (χ1) is 9.63. The molecule has 0 bridgehead atoms. The van der Waals surface area contributed by atoms with Crippen LogP contribution in [0.15, 0.2) is 18.0 Å². The lowest BCUT2D eigenvalue weighted by atomic mass is 10.2. The molecule has 0 spiro atoms. The molecule has 2 aromatic rings. The van der Waals surface area contributed by atoms with Crippen LogP contribution in [0.25, 0.3) is 0 Å². The number of thiazole rings is 1. The highest BCUT2D eigenvalue weighted by Gasteiger charge is 2.08. The summed E-state index contributed by atoms with van der Waals surface area (Å²) in [4.78, 5) is 30.1. The topological polar surface area (TPSA) is 110 Å². The van der Waals surface area contributed by atoms with Gasteiger partial charge in [0.05, 0.1) is 5.69 Å². The molecule has 0 unspecified atom stereocenters. The van der Waals surface area contributed by atoms with Crippen LogP contribution in [0.2, 0.25) is 0 Å². The van der Waals surface area contributed by atoms with E-state index in [0.717, 1.165) is 5.69 Å². The van der Waals surface area contributed by atoms with Gasteiger partial charge in [0.25, 0.3) is 0 Å². The van der Waals surface area contributed by atoms with Gasteiger partial charge in [0, 0.05) is 11.8 Å². The van der Waals surface area contributed by atoms with Gasteiger partial charge in [-0.05, 0) is 12.8 Å². The van der Waals surface area contributed by atoms with E-state index >= 15 is 0 Å². The van der Waals surface area contributed by atoms with E-state index in [2.05, 4.69) is 20.4 Å². The number of carboxylic acid groups (broad SMARTS) is 1. The van der Waals surface area contributed by atoms with E-state index in [-0.39, 0.29) is 18.9 Å². The fraction of sp³-hybridized carbons (Fsp3) is 0.364. The minimum absolute atomic E-state index is 0.0773. The minimum atomic E-state index is -0.818. The van der Waals surface area contributed by atoms with Crippen LogP contribution < -0.4 is 5.32 Å². The van der Waals surface area contributed by atoms with Gasteiger partial charge in [-0.1, -0.05) is 0 Å². The van der Waals surface area contributed by atoms with Crippen molar-refractivity contribution in [3.8, 4) is 0 Å². The summed E-state index contributed by atoms with van der Waals surface area (Å²) in [6, 6.07) is 0. The Morgan fingerprint density at radius 1 is 1.45 bits per heavy atom. The molecule has 20 heavy (non-hydrogen) atoms. The lowest BCUT2D eigenvalue weighted by Crippen LogP contribution is -2.18. The van der Waals surface area contributed by atoms with Gasteiger partial charge in [-0.2, -0.15) is 5.10 Å². The number of rotatable bonds is 7. The molecule has 106 valence electrons. The summed E-state index contributed by atoms with van der Waals surface area (Å²) >= 11 is 1.31. The largest absolute Gasteiger partial charge is 0.481 e. The number of aryl methyl sites for hydroxylation is 1. The van der Waals surface area contributed by atoms with Gasteiger partial charge in [0.2, 0.25) is 5.91 Å². The highest BCUT2D eigenvalue weighted by atomic mass is 32.1. The number of nitrogens with zero attached hydrogens (tertiary/aromatic N) is 4. The Morgan fingerprint density at radius 2 is 2.30 bits per heavy atom. The second kappa shape index (κ2) is 6.75. The summed E-state index contributed by atoms with van der Waals surface area (Å²) < 4.78 is 1.41. The second-order valence-corrected chi connectivity index (χ2v) is 4.89. The molecule has 2 heterocycles. The maximum absolute atomic E-state index is 11.7. The standard InChI is InChI=1S/C11H13N5O3S/c17-9(4-16-7-12-6-13-16)15-11-14-8(5-20-11)2-1-3-10(18)19/h5-7H,1-4H2,(H,18,19)(H,14,15,17). The summed E-state index contributed by atoms with van der Waals surface area (Å²) in [7, 11) is 0. The Labute approximate surface area is 118 Å². The third-order valence-corrected chi connectivity index (χ3v) is 3.20. The van der Waals surface area contributed by atoms with Crippen LogP contribution in [0, 0.1) is 0 Å². The van der Waals surface area contributed by atoms with Crippen LogP contribution in [0.1, 0.15) is 18.5 Å². The van der Waals surface area contributed by atoms with Crippen LogP contribution in [0.5, 0.6) is 0 Å². The third-order valence-electron chi connectivity index (χ3n) is 2.39. The van der Waals surface area contributed by atoms with Crippen molar-refractivity contribution in [3.05, 3.63) is 23.7 Å². The number of carboxylic acids is 1. The predicted octanol–water partition coefficient (Wildman–Crippen LogP) is 0.781. The van der Waals surface area contributed by atoms with Crippen LogP contribution in [0.3, 0.4) is 0 Å². The zero-order chi connectivity index (χ0) is 14.4. The van der Waals surface area contributed by atoms with Crippen molar-refractivity contribution in [2.75, 3.05) is 5.32 Å². The number of aliphatic carboxylic acids is 1. The van der Waals surface area contributed by atoms with Crippen LogP contribution in [0.4, 0.5) is 5.13 Å². The lowest BCUT2D eigenvalue weighted by Gasteiger charge is -2.00. The SMILES string of the molecule is O=C(O)CCCc1csc(NC(=O)Cn2cncn2)n1. The van der Waals surface area contributed by atoms with E-state index in [1.807, 2.05) is 5.38 Å². The molecule has 0 aromatic carbocycles. The highest BCUT2D eigenvalue weighted by molar-refractivity contribution is 7.13. The van der Waals surface area contributed by atoms with Crippen molar-refractivity contribution < 1.29 is 14.7 Å². The Hall–Kier alpha value is -2.29. The van der Waals surface area contributed by atoms with Crippen molar-refractivity contribution >= 4 is 28.3 Å². The van der Waals surface area contributed by atoms with Crippen molar-refractivity contribution in [1.29, 1.82) is 0 Å². The van der Waals surface area contributed by atoms with Crippen LogP contribution >= 0.6 is 11.3 Å². The van der Waals surface area contributed by atoms with Gasteiger partial charge in [-0.25, -0.2) is 14.6 Å². The molecule has 0 atom stereocenters. The molecule has 0 fully saturated rings. The van der Waals surface area contributed by atoms with E-state index in [4.69, 9.17) is 5.11 Å². The van der Waals surface area contributed by atoms with Crippen molar-refractivity contribution in [2.24, 2.45) is 0 Å². The Morgan fingerprint density at radius 3 is 3.00 bits per heavy atom.